The molecule has 2 aromatic carbocycles. The molecule has 5 nitrogen and oxygen atoms in total. The number of hydrogen-bond acceptors (Lipinski definition) is 5. The van der Waals surface area contributed by atoms with Gasteiger partial charge in [0.05, 0.1) is 30.5 Å². The van der Waals surface area contributed by atoms with Crippen LogP contribution < -0.4 is 10.1 Å². The zero-order chi connectivity index (χ0) is 19.6. The lowest BCUT2D eigenvalue weighted by molar-refractivity contribution is -0.118. The summed E-state index contributed by atoms with van der Waals surface area (Å²) in [6.07, 6.45) is 0. The Kier molecular flexibility index (Phi) is 8.18. The second kappa shape index (κ2) is 10.6. The van der Waals surface area contributed by atoms with Gasteiger partial charge in [0.25, 0.3) is 0 Å². The standard InChI is InChI=1S/C21H25N3O2S/c1-24(2)20(18-8-10-19(26-3)11-9-18)13-23-21(25)15-27-14-17-6-4-16(12-22)5-7-17/h4-11,20H,13-15H2,1-3H3,(H,23,25). The molecular weight excluding hydrogens is 358 g/mol. The van der Waals surface area contributed by atoms with Gasteiger partial charge in [-0.1, -0.05) is 24.3 Å². The molecule has 2 rings (SSSR count). The number of amides is 1. The summed E-state index contributed by atoms with van der Waals surface area (Å²) < 4.78 is 5.20. The Labute approximate surface area is 165 Å². The van der Waals surface area contributed by atoms with Crippen molar-refractivity contribution in [1.29, 1.82) is 5.26 Å². The van der Waals surface area contributed by atoms with E-state index in [-0.39, 0.29) is 11.9 Å². The Morgan fingerprint density at radius 2 is 1.85 bits per heavy atom. The number of carbonyl (C=O) groups excluding carboxylic acids is 1. The first kappa shape index (κ1) is 20.8. The summed E-state index contributed by atoms with van der Waals surface area (Å²) in [5.41, 5.74) is 2.89. The minimum atomic E-state index is 0.0222. The molecule has 0 saturated heterocycles. The van der Waals surface area contributed by atoms with E-state index in [1.165, 1.54) is 0 Å². The number of nitrogens with one attached hydrogen (secondary N) is 1. The van der Waals surface area contributed by atoms with Gasteiger partial charge >= 0.3 is 0 Å². The Morgan fingerprint density at radius 3 is 2.41 bits per heavy atom. The first-order chi connectivity index (χ1) is 13.0. The van der Waals surface area contributed by atoms with Gasteiger partial charge in [0.2, 0.25) is 5.91 Å². The molecule has 0 aliphatic rings. The number of likely N-dealkylation sites (N-methyl/N-ethyl adjacent to an activating group) is 1. The van der Waals surface area contributed by atoms with Crippen LogP contribution in [-0.2, 0) is 10.5 Å². The fraction of sp³-hybridized carbons (Fsp3) is 0.333. The molecule has 0 aliphatic carbocycles. The van der Waals surface area contributed by atoms with Crippen molar-refractivity contribution >= 4 is 17.7 Å². The number of methoxy groups -OCH3 is 1. The third kappa shape index (κ3) is 6.63. The quantitative estimate of drug-likeness (QED) is 0.720. The van der Waals surface area contributed by atoms with Crippen LogP contribution in [0.15, 0.2) is 48.5 Å². The summed E-state index contributed by atoms with van der Waals surface area (Å²) in [5.74, 6) is 1.99. The Hall–Kier alpha value is -2.49. The number of carbonyl (C=O) groups is 1. The topological polar surface area (TPSA) is 65.4 Å². The summed E-state index contributed by atoms with van der Waals surface area (Å²) >= 11 is 1.56. The monoisotopic (exact) mass is 383 g/mol. The van der Waals surface area contributed by atoms with Crippen LogP contribution in [0.25, 0.3) is 0 Å². The van der Waals surface area contributed by atoms with Crippen LogP contribution in [0.4, 0.5) is 0 Å². The third-order valence-electron chi connectivity index (χ3n) is 4.20. The van der Waals surface area contributed by atoms with Crippen LogP contribution in [-0.4, -0.2) is 44.3 Å². The summed E-state index contributed by atoms with van der Waals surface area (Å²) in [6.45, 7) is 0.551. The van der Waals surface area contributed by atoms with Crippen LogP contribution in [0, 0.1) is 11.3 Å². The molecule has 1 N–H and O–H groups in total. The zero-order valence-electron chi connectivity index (χ0n) is 15.9. The van der Waals surface area contributed by atoms with Gasteiger partial charge in [-0.2, -0.15) is 5.26 Å². The lowest BCUT2D eigenvalue weighted by Crippen LogP contribution is -2.35. The van der Waals surface area contributed by atoms with Gasteiger partial charge < -0.3 is 15.0 Å². The molecule has 142 valence electrons. The number of thioether (sulfide) groups is 1. The molecule has 0 aliphatic heterocycles. The molecule has 0 heterocycles. The fourth-order valence-corrected chi connectivity index (χ4v) is 3.44. The van der Waals surface area contributed by atoms with Gasteiger partial charge in [-0.15, -0.1) is 11.8 Å². The predicted molar refractivity (Wildman–Crippen MR) is 110 cm³/mol. The van der Waals surface area contributed by atoms with Crippen molar-refractivity contribution in [2.45, 2.75) is 11.8 Å². The molecule has 6 heteroatoms. The third-order valence-corrected chi connectivity index (χ3v) is 5.21. The van der Waals surface area contributed by atoms with E-state index < -0.39 is 0 Å². The van der Waals surface area contributed by atoms with E-state index in [4.69, 9.17) is 10.00 Å². The van der Waals surface area contributed by atoms with Crippen molar-refractivity contribution in [3.05, 3.63) is 65.2 Å². The van der Waals surface area contributed by atoms with Crippen molar-refractivity contribution in [3.63, 3.8) is 0 Å². The number of nitrogens with zero attached hydrogens (tertiary/aromatic N) is 2. The second-order valence-corrected chi connectivity index (χ2v) is 7.34. The largest absolute Gasteiger partial charge is 0.497 e. The normalized spacial score (nSPS) is 11.7. The molecule has 0 aromatic heterocycles. The summed E-state index contributed by atoms with van der Waals surface area (Å²) in [4.78, 5) is 14.3. The highest BCUT2D eigenvalue weighted by atomic mass is 32.2. The van der Waals surface area contributed by atoms with Crippen LogP contribution in [0.3, 0.4) is 0 Å². The van der Waals surface area contributed by atoms with E-state index in [0.717, 1.165) is 22.6 Å². The maximum Gasteiger partial charge on any atom is 0.230 e. The molecule has 0 saturated carbocycles. The average molecular weight is 384 g/mol. The number of hydrogen-bond donors (Lipinski definition) is 1. The minimum Gasteiger partial charge on any atom is -0.497 e. The van der Waals surface area contributed by atoms with Gasteiger partial charge in [0, 0.05) is 12.3 Å². The van der Waals surface area contributed by atoms with Gasteiger partial charge in [0.15, 0.2) is 0 Å². The van der Waals surface area contributed by atoms with E-state index in [2.05, 4.69) is 16.3 Å². The van der Waals surface area contributed by atoms with Crippen molar-refractivity contribution < 1.29 is 9.53 Å². The van der Waals surface area contributed by atoms with Crippen LogP contribution in [0.2, 0.25) is 0 Å². The molecule has 1 amide bonds. The summed E-state index contributed by atoms with van der Waals surface area (Å²) in [5, 5.41) is 11.8. The van der Waals surface area contributed by atoms with Crippen molar-refractivity contribution in [3.8, 4) is 11.8 Å². The second-order valence-electron chi connectivity index (χ2n) is 6.36. The zero-order valence-corrected chi connectivity index (χ0v) is 16.8. The smallest absolute Gasteiger partial charge is 0.230 e. The Bertz CT molecular complexity index is 768. The molecule has 1 atom stereocenters. The molecule has 1 unspecified atom stereocenters. The van der Waals surface area contributed by atoms with E-state index in [0.29, 0.717) is 17.9 Å². The number of ether oxygens (including phenoxy) is 1. The van der Waals surface area contributed by atoms with Gasteiger partial charge in [-0.05, 0) is 49.5 Å². The maximum absolute atomic E-state index is 12.2. The Balaban J connectivity index is 1.80. The van der Waals surface area contributed by atoms with E-state index in [1.807, 2.05) is 50.5 Å². The Morgan fingerprint density at radius 1 is 1.19 bits per heavy atom. The van der Waals surface area contributed by atoms with Gasteiger partial charge in [-0.25, -0.2) is 0 Å². The first-order valence-electron chi connectivity index (χ1n) is 8.67. The number of rotatable bonds is 9. The van der Waals surface area contributed by atoms with E-state index in [9.17, 15) is 4.79 Å². The summed E-state index contributed by atoms with van der Waals surface area (Å²) in [6, 6.07) is 17.6. The van der Waals surface area contributed by atoms with Crippen LogP contribution in [0.5, 0.6) is 5.75 Å². The minimum absolute atomic E-state index is 0.0222. The highest BCUT2D eigenvalue weighted by Gasteiger charge is 2.15. The van der Waals surface area contributed by atoms with Crippen molar-refractivity contribution in [1.82, 2.24) is 10.2 Å². The van der Waals surface area contributed by atoms with Gasteiger partial charge in [-0.3, -0.25) is 4.79 Å². The molecule has 0 radical (unpaired) electrons. The summed E-state index contributed by atoms with van der Waals surface area (Å²) in [7, 11) is 5.65. The lowest BCUT2D eigenvalue weighted by Gasteiger charge is -2.25. The molecule has 2 aromatic rings. The SMILES string of the molecule is COc1ccc(C(CNC(=O)CSCc2ccc(C#N)cc2)N(C)C)cc1. The average Bonchev–Trinajstić information content (AvgIpc) is 2.69. The first-order valence-corrected chi connectivity index (χ1v) is 9.83. The molecule has 27 heavy (non-hydrogen) atoms. The van der Waals surface area contributed by atoms with Gasteiger partial charge in [0.1, 0.15) is 5.75 Å². The predicted octanol–water partition coefficient (Wildman–Crippen LogP) is 3.22. The number of nitriles is 1. The highest BCUT2D eigenvalue weighted by molar-refractivity contribution is 7.99. The number of benzene rings is 2. The van der Waals surface area contributed by atoms with Crippen molar-refractivity contribution in [2.75, 3.05) is 33.5 Å². The highest BCUT2D eigenvalue weighted by Crippen LogP contribution is 2.21. The molecule has 0 spiro atoms. The van der Waals surface area contributed by atoms with E-state index >= 15 is 0 Å². The van der Waals surface area contributed by atoms with E-state index in [1.54, 1.807) is 31.0 Å². The van der Waals surface area contributed by atoms with Crippen LogP contribution >= 0.6 is 11.8 Å². The molecular formula is C21H25N3O2S. The molecule has 0 bridgehead atoms. The fourth-order valence-electron chi connectivity index (χ4n) is 2.62. The lowest BCUT2D eigenvalue weighted by atomic mass is 10.1. The maximum atomic E-state index is 12.2. The van der Waals surface area contributed by atoms with Crippen molar-refractivity contribution in [2.24, 2.45) is 0 Å². The van der Waals surface area contributed by atoms with Crippen LogP contribution in [0.1, 0.15) is 22.7 Å². The molecule has 0 fully saturated rings.